The number of aliphatic hydroxyl groups excluding tert-OH is 1. The van der Waals surface area contributed by atoms with Crippen LogP contribution >= 0.6 is 0 Å². The van der Waals surface area contributed by atoms with Crippen molar-refractivity contribution in [2.24, 2.45) is 0 Å². The van der Waals surface area contributed by atoms with E-state index in [2.05, 4.69) is 6.58 Å². The molecule has 0 radical (unpaired) electrons. The van der Waals surface area contributed by atoms with Crippen LogP contribution in [-0.2, 0) is 0 Å². The van der Waals surface area contributed by atoms with Crippen LogP contribution in [-0.4, -0.2) is 11.7 Å². The fraction of sp³-hybridized carbons (Fsp3) is 0.385. The molecule has 88 valence electrons. The van der Waals surface area contributed by atoms with Gasteiger partial charge in [-0.25, -0.2) is 4.39 Å². The van der Waals surface area contributed by atoms with Crippen LogP contribution < -0.4 is 4.74 Å². The van der Waals surface area contributed by atoms with Crippen LogP contribution in [0.3, 0.4) is 0 Å². The van der Waals surface area contributed by atoms with E-state index in [1.165, 1.54) is 19.1 Å². The number of hydrogen-bond donors (Lipinski definition) is 1. The van der Waals surface area contributed by atoms with E-state index < -0.39 is 11.9 Å². The third kappa shape index (κ3) is 3.66. The van der Waals surface area contributed by atoms with Crippen molar-refractivity contribution >= 4 is 0 Å². The van der Waals surface area contributed by atoms with E-state index in [1.807, 2.05) is 6.92 Å². The van der Waals surface area contributed by atoms with E-state index in [-0.39, 0.29) is 5.56 Å². The third-order valence-electron chi connectivity index (χ3n) is 2.22. The number of ether oxygens (including phenoxy) is 1. The zero-order valence-electron chi connectivity index (χ0n) is 9.66. The number of rotatable bonds is 5. The molecule has 0 unspecified atom stereocenters. The molecular weight excluding hydrogens is 207 g/mol. The highest BCUT2D eigenvalue weighted by atomic mass is 19.1. The van der Waals surface area contributed by atoms with Gasteiger partial charge in [0.15, 0.2) is 0 Å². The Hall–Kier alpha value is -1.35. The minimum absolute atomic E-state index is 0.284. The Morgan fingerprint density at radius 3 is 2.75 bits per heavy atom. The van der Waals surface area contributed by atoms with E-state index in [0.29, 0.717) is 12.4 Å². The van der Waals surface area contributed by atoms with Gasteiger partial charge in [-0.05, 0) is 26.0 Å². The lowest BCUT2D eigenvalue weighted by Crippen LogP contribution is -2.00. The standard InChI is InChI=1S/C13H17FO2/c1-9(2)6-7-16-11-4-5-12(10(3)15)13(14)8-11/h4-5,8,10,15H,1,6-7H2,2-3H3/t10-/m1/s1. The largest absolute Gasteiger partial charge is 0.493 e. The van der Waals surface area contributed by atoms with Gasteiger partial charge in [-0.2, -0.15) is 0 Å². The smallest absolute Gasteiger partial charge is 0.132 e. The van der Waals surface area contributed by atoms with Crippen LogP contribution in [0.2, 0.25) is 0 Å². The van der Waals surface area contributed by atoms with E-state index in [4.69, 9.17) is 4.74 Å². The summed E-state index contributed by atoms with van der Waals surface area (Å²) in [4.78, 5) is 0. The summed E-state index contributed by atoms with van der Waals surface area (Å²) in [6.45, 7) is 7.69. The Morgan fingerprint density at radius 1 is 1.56 bits per heavy atom. The average molecular weight is 224 g/mol. The highest BCUT2D eigenvalue weighted by molar-refractivity contribution is 5.30. The predicted octanol–water partition coefficient (Wildman–Crippen LogP) is 3.22. The zero-order valence-corrected chi connectivity index (χ0v) is 9.66. The van der Waals surface area contributed by atoms with Gasteiger partial charge >= 0.3 is 0 Å². The Bertz CT molecular complexity index is 372. The van der Waals surface area contributed by atoms with Gasteiger partial charge in [0.2, 0.25) is 0 Å². The monoisotopic (exact) mass is 224 g/mol. The summed E-state index contributed by atoms with van der Waals surface area (Å²) in [5.74, 6) is 0.0333. The first-order chi connectivity index (χ1) is 7.50. The van der Waals surface area contributed by atoms with Crippen LogP contribution in [0, 0.1) is 5.82 Å². The van der Waals surface area contributed by atoms with Crippen molar-refractivity contribution in [1.82, 2.24) is 0 Å². The molecule has 0 bridgehead atoms. The maximum Gasteiger partial charge on any atom is 0.132 e. The SMILES string of the molecule is C=C(C)CCOc1ccc([C@@H](C)O)c(F)c1. The molecule has 1 N–H and O–H groups in total. The second-order valence-corrected chi connectivity index (χ2v) is 3.91. The summed E-state index contributed by atoms with van der Waals surface area (Å²) in [7, 11) is 0. The summed E-state index contributed by atoms with van der Waals surface area (Å²) in [5.41, 5.74) is 1.31. The first-order valence-electron chi connectivity index (χ1n) is 5.25. The maximum atomic E-state index is 13.4. The molecule has 0 saturated carbocycles. The molecule has 1 rings (SSSR count). The average Bonchev–Trinajstić information content (AvgIpc) is 2.16. The first kappa shape index (κ1) is 12.7. The van der Waals surface area contributed by atoms with Crippen molar-refractivity contribution in [3.63, 3.8) is 0 Å². The molecule has 0 heterocycles. The van der Waals surface area contributed by atoms with Crippen molar-refractivity contribution in [3.8, 4) is 5.75 Å². The normalized spacial score (nSPS) is 12.2. The zero-order chi connectivity index (χ0) is 12.1. The lowest BCUT2D eigenvalue weighted by Gasteiger charge is -2.09. The van der Waals surface area contributed by atoms with Gasteiger partial charge in [0.25, 0.3) is 0 Å². The Balaban J connectivity index is 2.63. The molecule has 0 aromatic heterocycles. The summed E-state index contributed by atoms with van der Waals surface area (Å²) in [6, 6.07) is 4.49. The fourth-order valence-electron chi connectivity index (χ4n) is 1.28. The van der Waals surface area contributed by atoms with Gasteiger partial charge in [-0.1, -0.05) is 5.57 Å². The Labute approximate surface area is 95.4 Å². The fourth-order valence-corrected chi connectivity index (χ4v) is 1.28. The first-order valence-corrected chi connectivity index (χ1v) is 5.25. The van der Waals surface area contributed by atoms with Crippen LogP contribution in [0.4, 0.5) is 4.39 Å². The van der Waals surface area contributed by atoms with Crippen molar-refractivity contribution in [2.75, 3.05) is 6.61 Å². The molecule has 0 spiro atoms. The van der Waals surface area contributed by atoms with E-state index in [1.54, 1.807) is 6.07 Å². The third-order valence-corrected chi connectivity index (χ3v) is 2.22. The van der Waals surface area contributed by atoms with Gasteiger partial charge in [0.05, 0.1) is 12.7 Å². The van der Waals surface area contributed by atoms with E-state index in [0.717, 1.165) is 12.0 Å². The quantitative estimate of drug-likeness (QED) is 0.778. The molecule has 0 fully saturated rings. The molecule has 0 amide bonds. The van der Waals surface area contributed by atoms with Crippen molar-refractivity contribution in [3.05, 3.63) is 41.7 Å². The minimum atomic E-state index is -0.801. The molecule has 0 aliphatic rings. The van der Waals surface area contributed by atoms with Crippen LogP contribution in [0.5, 0.6) is 5.75 Å². The highest BCUT2D eigenvalue weighted by Gasteiger charge is 2.08. The molecule has 0 aliphatic carbocycles. The van der Waals surface area contributed by atoms with Crippen LogP contribution in [0.1, 0.15) is 31.9 Å². The summed E-state index contributed by atoms with van der Waals surface area (Å²) >= 11 is 0. The molecule has 1 atom stereocenters. The van der Waals surface area contributed by atoms with Crippen LogP contribution in [0.25, 0.3) is 0 Å². The van der Waals surface area contributed by atoms with Gasteiger partial charge in [-0.3, -0.25) is 0 Å². The second-order valence-electron chi connectivity index (χ2n) is 3.91. The molecule has 0 saturated heterocycles. The predicted molar refractivity (Wildman–Crippen MR) is 62.0 cm³/mol. The van der Waals surface area contributed by atoms with Gasteiger partial charge < -0.3 is 9.84 Å². The summed E-state index contributed by atoms with van der Waals surface area (Å²) < 4.78 is 18.8. The summed E-state index contributed by atoms with van der Waals surface area (Å²) in [5, 5.41) is 9.25. The van der Waals surface area contributed by atoms with Crippen molar-refractivity contribution < 1.29 is 14.2 Å². The number of benzene rings is 1. The maximum absolute atomic E-state index is 13.4. The Kier molecular flexibility index (Phi) is 4.50. The van der Waals surface area contributed by atoms with E-state index in [9.17, 15) is 9.50 Å². The lowest BCUT2D eigenvalue weighted by atomic mass is 10.1. The lowest BCUT2D eigenvalue weighted by molar-refractivity contribution is 0.194. The molecule has 0 aliphatic heterocycles. The Morgan fingerprint density at radius 2 is 2.25 bits per heavy atom. The number of aliphatic hydroxyl groups is 1. The van der Waals surface area contributed by atoms with E-state index >= 15 is 0 Å². The molecular formula is C13H17FO2. The van der Waals surface area contributed by atoms with Crippen molar-refractivity contribution in [1.29, 1.82) is 0 Å². The van der Waals surface area contributed by atoms with Gasteiger partial charge in [0, 0.05) is 18.1 Å². The highest BCUT2D eigenvalue weighted by Crippen LogP contribution is 2.21. The topological polar surface area (TPSA) is 29.5 Å². The molecule has 2 nitrogen and oxygen atoms in total. The minimum Gasteiger partial charge on any atom is -0.493 e. The van der Waals surface area contributed by atoms with Gasteiger partial charge in [0.1, 0.15) is 11.6 Å². The van der Waals surface area contributed by atoms with Crippen LogP contribution in [0.15, 0.2) is 30.4 Å². The molecule has 16 heavy (non-hydrogen) atoms. The second kappa shape index (κ2) is 5.66. The summed E-state index contributed by atoms with van der Waals surface area (Å²) in [6.07, 6.45) is -0.0516. The number of halogens is 1. The number of hydrogen-bond acceptors (Lipinski definition) is 2. The molecule has 1 aromatic rings. The van der Waals surface area contributed by atoms with Gasteiger partial charge in [-0.15, -0.1) is 6.58 Å². The molecule has 1 aromatic carbocycles. The molecule has 3 heteroatoms. The van der Waals surface area contributed by atoms with Crippen molar-refractivity contribution in [2.45, 2.75) is 26.4 Å².